The van der Waals surface area contributed by atoms with Gasteiger partial charge in [-0.05, 0) is 29.8 Å². The average molecular weight is 407 g/mol. The molecule has 3 heterocycles. The molecule has 4 rings (SSSR count). The van der Waals surface area contributed by atoms with E-state index in [-0.39, 0.29) is 17.4 Å². The van der Waals surface area contributed by atoms with Gasteiger partial charge in [0.2, 0.25) is 5.95 Å². The Morgan fingerprint density at radius 3 is 2.87 bits per heavy atom. The van der Waals surface area contributed by atoms with Crippen LogP contribution < -0.4 is 20.9 Å². The Kier molecular flexibility index (Phi) is 6.09. The Bertz CT molecular complexity index is 1020. The van der Waals surface area contributed by atoms with E-state index in [9.17, 15) is 9.18 Å². The van der Waals surface area contributed by atoms with Crippen molar-refractivity contribution in [2.45, 2.75) is 6.54 Å². The van der Waals surface area contributed by atoms with Crippen LogP contribution in [0.3, 0.4) is 0 Å². The van der Waals surface area contributed by atoms with Gasteiger partial charge in [-0.1, -0.05) is 12.1 Å². The van der Waals surface area contributed by atoms with E-state index in [0.717, 1.165) is 37.4 Å². The standard InChI is InChI=1S/C21H22FN7O/c22-16-3-1-2-15(12-16)13-26-21-25-7-4-17(28-21)20(30)27-18-14-24-6-5-19(18)29-10-8-23-9-11-29/h1-7,12,14,23H,8-11,13H2,(H,27,30)(H,25,26,28). The molecule has 0 unspecified atom stereocenters. The molecular formula is C21H22FN7O. The molecule has 0 bridgehead atoms. The summed E-state index contributed by atoms with van der Waals surface area (Å²) in [7, 11) is 0. The maximum Gasteiger partial charge on any atom is 0.274 e. The number of anilines is 3. The number of nitrogens with zero attached hydrogens (tertiary/aromatic N) is 4. The molecule has 1 fully saturated rings. The molecule has 0 radical (unpaired) electrons. The van der Waals surface area contributed by atoms with Gasteiger partial charge in [0.05, 0.1) is 17.6 Å². The number of rotatable bonds is 6. The van der Waals surface area contributed by atoms with Crippen molar-refractivity contribution in [1.82, 2.24) is 20.3 Å². The van der Waals surface area contributed by atoms with Gasteiger partial charge in [-0.25, -0.2) is 14.4 Å². The first-order valence-corrected chi connectivity index (χ1v) is 9.71. The molecule has 1 saturated heterocycles. The predicted molar refractivity (Wildman–Crippen MR) is 113 cm³/mol. The average Bonchev–Trinajstić information content (AvgIpc) is 2.79. The molecule has 1 aliphatic rings. The number of carbonyl (C=O) groups excluding carboxylic acids is 1. The van der Waals surface area contributed by atoms with Gasteiger partial charge in [0, 0.05) is 45.1 Å². The van der Waals surface area contributed by atoms with Gasteiger partial charge in [0.1, 0.15) is 11.5 Å². The summed E-state index contributed by atoms with van der Waals surface area (Å²) in [5, 5.41) is 9.23. The van der Waals surface area contributed by atoms with E-state index in [2.05, 4.69) is 35.8 Å². The molecule has 0 atom stereocenters. The molecule has 0 spiro atoms. The highest BCUT2D eigenvalue weighted by Crippen LogP contribution is 2.25. The van der Waals surface area contributed by atoms with Gasteiger partial charge in [-0.15, -0.1) is 0 Å². The van der Waals surface area contributed by atoms with Gasteiger partial charge in [-0.2, -0.15) is 0 Å². The van der Waals surface area contributed by atoms with Crippen molar-refractivity contribution in [2.75, 3.05) is 41.7 Å². The normalized spacial score (nSPS) is 13.7. The van der Waals surface area contributed by atoms with Crippen LogP contribution in [-0.2, 0) is 6.54 Å². The van der Waals surface area contributed by atoms with E-state index < -0.39 is 0 Å². The zero-order valence-corrected chi connectivity index (χ0v) is 16.3. The van der Waals surface area contributed by atoms with Gasteiger partial charge < -0.3 is 20.9 Å². The van der Waals surface area contributed by atoms with Gasteiger partial charge in [0.15, 0.2) is 0 Å². The Labute approximate surface area is 173 Å². The molecule has 0 saturated carbocycles. The number of carbonyl (C=O) groups is 1. The van der Waals surface area contributed by atoms with Crippen LogP contribution in [0.4, 0.5) is 21.7 Å². The zero-order chi connectivity index (χ0) is 20.8. The summed E-state index contributed by atoms with van der Waals surface area (Å²) in [5.41, 5.74) is 2.54. The third-order valence-electron chi connectivity index (χ3n) is 4.73. The number of piperazine rings is 1. The van der Waals surface area contributed by atoms with Crippen LogP contribution in [0.25, 0.3) is 0 Å². The molecule has 1 aliphatic heterocycles. The van der Waals surface area contributed by atoms with Crippen molar-refractivity contribution < 1.29 is 9.18 Å². The minimum absolute atomic E-state index is 0.224. The highest BCUT2D eigenvalue weighted by atomic mass is 19.1. The number of nitrogens with one attached hydrogen (secondary N) is 3. The van der Waals surface area contributed by atoms with E-state index in [1.807, 2.05) is 6.07 Å². The fourth-order valence-corrected chi connectivity index (χ4v) is 3.25. The number of hydrogen-bond acceptors (Lipinski definition) is 7. The summed E-state index contributed by atoms with van der Waals surface area (Å²) in [6.45, 7) is 3.84. The maximum atomic E-state index is 13.3. The first-order chi connectivity index (χ1) is 14.7. The highest BCUT2D eigenvalue weighted by molar-refractivity contribution is 6.04. The summed E-state index contributed by atoms with van der Waals surface area (Å²) < 4.78 is 13.3. The molecule has 30 heavy (non-hydrogen) atoms. The molecule has 0 aliphatic carbocycles. The minimum atomic E-state index is -0.351. The minimum Gasteiger partial charge on any atom is -0.367 e. The highest BCUT2D eigenvalue weighted by Gasteiger charge is 2.17. The molecule has 8 nitrogen and oxygen atoms in total. The van der Waals surface area contributed by atoms with Crippen molar-refractivity contribution in [2.24, 2.45) is 0 Å². The summed E-state index contributed by atoms with van der Waals surface area (Å²) in [5.74, 6) is -0.365. The first kappa shape index (κ1) is 19.7. The van der Waals surface area contributed by atoms with Crippen LogP contribution in [-0.4, -0.2) is 47.0 Å². The van der Waals surface area contributed by atoms with Crippen molar-refractivity contribution >= 4 is 23.2 Å². The predicted octanol–water partition coefficient (Wildman–Crippen LogP) is 2.28. The van der Waals surface area contributed by atoms with E-state index in [1.165, 1.54) is 18.3 Å². The van der Waals surface area contributed by atoms with Crippen LogP contribution in [0.15, 0.2) is 55.0 Å². The van der Waals surface area contributed by atoms with Gasteiger partial charge in [-0.3, -0.25) is 9.78 Å². The molecule has 1 amide bonds. The summed E-state index contributed by atoms with van der Waals surface area (Å²) in [6.07, 6.45) is 4.86. The molecule has 9 heteroatoms. The second kappa shape index (κ2) is 9.27. The third kappa shape index (κ3) is 4.87. The first-order valence-electron chi connectivity index (χ1n) is 9.71. The zero-order valence-electron chi connectivity index (χ0n) is 16.3. The Morgan fingerprint density at radius 1 is 1.17 bits per heavy atom. The largest absolute Gasteiger partial charge is 0.367 e. The lowest BCUT2D eigenvalue weighted by Gasteiger charge is -2.30. The van der Waals surface area contributed by atoms with Crippen LogP contribution in [0.2, 0.25) is 0 Å². The van der Waals surface area contributed by atoms with Gasteiger partial charge in [0.25, 0.3) is 5.91 Å². The lowest BCUT2D eigenvalue weighted by Crippen LogP contribution is -2.43. The Hall–Kier alpha value is -3.59. The van der Waals surface area contributed by atoms with Crippen LogP contribution in [0, 0.1) is 5.82 Å². The summed E-state index contributed by atoms with van der Waals surface area (Å²) in [6, 6.07) is 9.70. The van der Waals surface area contributed by atoms with Crippen molar-refractivity contribution in [3.05, 3.63) is 72.1 Å². The second-order valence-corrected chi connectivity index (χ2v) is 6.83. The molecule has 1 aromatic carbocycles. The van der Waals surface area contributed by atoms with E-state index in [1.54, 1.807) is 30.6 Å². The van der Waals surface area contributed by atoms with E-state index in [4.69, 9.17) is 0 Å². The third-order valence-corrected chi connectivity index (χ3v) is 4.73. The van der Waals surface area contributed by atoms with Crippen LogP contribution >= 0.6 is 0 Å². The van der Waals surface area contributed by atoms with Crippen LogP contribution in [0.5, 0.6) is 0 Å². The number of pyridine rings is 1. The number of benzene rings is 1. The number of halogens is 1. The summed E-state index contributed by atoms with van der Waals surface area (Å²) in [4.78, 5) is 27.5. The molecule has 154 valence electrons. The van der Waals surface area contributed by atoms with Crippen LogP contribution in [0.1, 0.15) is 16.1 Å². The molecule has 3 aromatic rings. The Balaban J connectivity index is 1.45. The molecule has 2 aromatic heterocycles. The fourth-order valence-electron chi connectivity index (χ4n) is 3.25. The quantitative estimate of drug-likeness (QED) is 0.577. The monoisotopic (exact) mass is 407 g/mol. The number of amides is 1. The SMILES string of the molecule is O=C(Nc1cnccc1N1CCNCC1)c1ccnc(NCc2cccc(F)c2)n1. The van der Waals surface area contributed by atoms with Crippen molar-refractivity contribution in [1.29, 1.82) is 0 Å². The maximum absolute atomic E-state index is 13.3. The Morgan fingerprint density at radius 2 is 2.03 bits per heavy atom. The topological polar surface area (TPSA) is 95.1 Å². The molecule has 3 N–H and O–H groups in total. The smallest absolute Gasteiger partial charge is 0.274 e. The lowest BCUT2D eigenvalue weighted by atomic mass is 10.2. The van der Waals surface area contributed by atoms with E-state index in [0.29, 0.717) is 18.2 Å². The van der Waals surface area contributed by atoms with E-state index >= 15 is 0 Å². The molecular weight excluding hydrogens is 385 g/mol. The second-order valence-electron chi connectivity index (χ2n) is 6.83. The summed E-state index contributed by atoms with van der Waals surface area (Å²) >= 11 is 0. The van der Waals surface area contributed by atoms with Crippen molar-refractivity contribution in [3.63, 3.8) is 0 Å². The van der Waals surface area contributed by atoms with Crippen molar-refractivity contribution in [3.8, 4) is 0 Å². The lowest BCUT2D eigenvalue weighted by molar-refractivity contribution is 0.102. The fraction of sp³-hybridized carbons (Fsp3) is 0.238. The van der Waals surface area contributed by atoms with Gasteiger partial charge >= 0.3 is 0 Å². The number of aromatic nitrogens is 3. The number of hydrogen-bond donors (Lipinski definition) is 3.